The van der Waals surface area contributed by atoms with Crippen LogP contribution in [0.5, 0.6) is 0 Å². The molecule has 2 nitrogen and oxygen atoms in total. The second-order valence-corrected chi connectivity index (χ2v) is 5.85. The fraction of sp³-hybridized carbons (Fsp3) is 0.0952. The average Bonchev–Trinajstić information content (AvgIpc) is 2.62. The fourth-order valence-electron chi connectivity index (χ4n) is 3.33. The van der Waals surface area contributed by atoms with E-state index in [9.17, 15) is 4.79 Å². The molecule has 4 rings (SSSR count). The van der Waals surface area contributed by atoms with Crippen LogP contribution in [0.2, 0.25) is 0 Å². The van der Waals surface area contributed by atoms with E-state index in [0.717, 1.165) is 16.8 Å². The Balaban J connectivity index is 1.88. The van der Waals surface area contributed by atoms with Crippen LogP contribution in [0.3, 0.4) is 0 Å². The smallest absolute Gasteiger partial charge is 0.225 e. The van der Waals surface area contributed by atoms with Gasteiger partial charge in [0.05, 0.1) is 5.69 Å². The first-order valence-corrected chi connectivity index (χ1v) is 7.86. The lowest BCUT2D eigenvalue weighted by Gasteiger charge is -2.28. The number of nitrogens with one attached hydrogen (secondary N) is 1. The van der Waals surface area contributed by atoms with E-state index in [1.165, 1.54) is 11.1 Å². The van der Waals surface area contributed by atoms with E-state index in [0.29, 0.717) is 6.42 Å². The molecule has 0 fully saturated rings. The van der Waals surface area contributed by atoms with Gasteiger partial charge in [0.1, 0.15) is 0 Å². The number of rotatable bonds is 2. The van der Waals surface area contributed by atoms with Gasteiger partial charge in [0.25, 0.3) is 0 Å². The van der Waals surface area contributed by atoms with Crippen molar-refractivity contribution < 1.29 is 4.79 Å². The molecule has 0 saturated carbocycles. The highest BCUT2D eigenvalue weighted by Gasteiger charge is 2.28. The van der Waals surface area contributed by atoms with Crippen molar-refractivity contribution in [2.75, 3.05) is 5.32 Å². The number of hydrogen-bond donors (Lipinski definition) is 1. The molecule has 0 saturated heterocycles. The third-order valence-corrected chi connectivity index (χ3v) is 4.41. The standard InChI is InChI=1S/C21H17NO/c23-20-14-19(16-10-5-2-6-11-16)18-13-7-12-17(21(18)22-20)15-8-3-1-4-9-15/h1-13,19H,14H2,(H,22,23). The van der Waals surface area contributed by atoms with Crippen LogP contribution in [0.1, 0.15) is 23.5 Å². The average molecular weight is 299 g/mol. The van der Waals surface area contributed by atoms with Crippen LogP contribution >= 0.6 is 0 Å². The number of para-hydroxylation sites is 1. The second kappa shape index (κ2) is 5.73. The molecule has 112 valence electrons. The minimum Gasteiger partial charge on any atom is -0.325 e. The summed E-state index contributed by atoms with van der Waals surface area (Å²) in [7, 11) is 0. The van der Waals surface area contributed by atoms with E-state index >= 15 is 0 Å². The molecule has 1 atom stereocenters. The van der Waals surface area contributed by atoms with Crippen molar-refractivity contribution in [3.8, 4) is 11.1 Å². The topological polar surface area (TPSA) is 29.1 Å². The zero-order valence-electron chi connectivity index (χ0n) is 12.7. The van der Waals surface area contributed by atoms with Crippen molar-refractivity contribution in [2.45, 2.75) is 12.3 Å². The number of carbonyl (C=O) groups is 1. The Morgan fingerprint density at radius 3 is 2.22 bits per heavy atom. The Bertz CT molecular complexity index is 840. The molecular weight excluding hydrogens is 282 g/mol. The number of anilines is 1. The van der Waals surface area contributed by atoms with Gasteiger partial charge < -0.3 is 5.32 Å². The van der Waals surface area contributed by atoms with Gasteiger partial charge in [0.15, 0.2) is 0 Å². The summed E-state index contributed by atoms with van der Waals surface area (Å²) in [4.78, 5) is 12.3. The van der Waals surface area contributed by atoms with Gasteiger partial charge in [0, 0.05) is 17.9 Å². The molecule has 2 heteroatoms. The van der Waals surface area contributed by atoms with Crippen LogP contribution in [0.4, 0.5) is 5.69 Å². The molecule has 1 unspecified atom stereocenters. The van der Waals surface area contributed by atoms with E-state index < -0.39 is 0 Å². The van der Waals surface area contributed by atoms with Crippen LogP contribution in [-0.4, -0.2) is 5.91 Å². The van der Waals surface area contributed by atoms with Gasteiger partial charge >= 0.3 is 0 Å². The maximum atomic E-state index is 12.3. The molecule has 1 heterocycles. The lowest BCUT2D eigenvalue weighted by Crippen LogP contribution is -2.24. The number of benzene rings is 3. The molecule has 1 amide bonds. The summed E-state index contributed by atoms with van der Waals surface area (Å²) in [5.74, 6) is 0.193. The molecule has 0 aromatic heterocycles. The maximum Gasteiger partial charge on any atom is 0.225 e. The number of carbonyl (C=O) groups excluding carboxylic acids is 1. The van der Waals surface area contributed by atoms with Crippen LogP contribution < -0.4 is 5.32 Å². The van der Waals surface area contributed by atoms with Gasteiger partial charge in [0.2, 0.25) is 5.91 Å². The third-order valence-electron chi connectivity index (χ3n) is 4.41. The molecule has 1 aliphatic rings. The molecule has 0 radical (unpaired) electrons. The highest BCUT2D eigenvalue weighted by atomic mass is 16.1. The van der Waals surface area contributed by atoms with Gasteiger partial charge in [-0.1, -0.05) is 78.9 Å². The Morgan fingerprint density at radius 2 is 1.48 bits per heavy atom. The van der Waals surface area contributed by atoms with Crippen molar-refractivity contribution in [3.05, 3.63) is 90.0 Å². The van der Waals surface area contributed by atoms with Gasteiger partial charge in [-0.2, -0.15) is 0 Å². The van der Waals surface area contributed by atoms with E-state index in [4.69, 9.17) is 0 Å². The highest BCUT2D eigenvalue weighted by molar-refractivity contribution is 6.00. The maximum absolute atomic E-state index is 12.3. The van der Waals surface area contributed by atoms with Gasteiger partial charge in [-0.3, -0.25) is 4.79 Å². The first-order chi connectivity index (χ1) is 11.3. The summed E-state index contributed by atoms with van der Waals surface area (Å²) < 4.78 is 0. The zero-order chi connectivity index (χ0) is 15.6. The minimum absolute atomic E-state index is 0.0785. The van der Waals surface area contributed by atoms with Crippen molar-refractivity contribution in [2.24, 2.45) is 0 Å². The molecule has 3 aromatic carbocycles. The number of fused-ring (bicyclic) bond motifs is 1. The second-order valence-electron chi connectivity index (χ2n) is 5.85. The van der Waals surface area contributed by atoms with E-state index in [-0.39, 0.29) is 11.8 Å². The first kappa shape index (κ1) is 13.8. The van der Waals surface area contributed by atoms with Gasteiger partial charge in [-0.05, 0) is 16.7 Å². The van der Waals surface area contributed by atoms with Crippen molar-refractivity contribution in [3.63, 3.8) is 0 Å². The predicted molar refractivity (Wildman–Crippen MR) is 93.4 cm³/mol. The molecule has 0 spiro atoms. The van der Waals surface area contributed by atoms with Crippen molar-refractivity contribution in [1.29, 1.82) is 0 Å². The summed E-state index contributed by atoms with van der Waals surface area (Å²) in [5, 5.41) is 3.09. The number of amides is 1. The summed E-state index contributed by atoms with van der Waals surface area (Å²) >= 11 is 0. The Morgan fingerprint density at radius 1 is 0.783 bits per heavy atom. The Hall–Kier alpha value is -2.87. The first-order valence-electron chi connectivity index (χ1n) is 7.86. The minimum atomic E-state index is 0.0785. The predicted octanol–water partition coefficient (Wildman–Crippen LogP) is 4.83. The van der Waals surface area contributed by atoms with Crippen LogP contribution in [0.25, 0.3) is 11.1 Å². The molecule has 23 heavy (non-hydrogen) atoms. The summed E-state index contributed by atoms with van der Waals surface area (Å²) in [6.45, 7) is 0. The zero-order valence-corrected chi connectivity index (χ0v) is 12.7. The molecule has 3 aromatic rings. The lowest BCUT2D eigenvalue weighted by molar-refractivity contribution is -0.116. The van der Waals surface area contributed by atoms with E-state index in [1.54, 1.807) is 0 Å². The van der Waals surface area contributed by atoms with Crippen molar-refractivity contribution >= 4 is 11.6 Å². The molecular formula is C21H17NO. The molecule has 1 N–H and O–H groups in total. The fourth-order valence-corrected chi connectivity index (χ4v) is 3.33. The van der Waals surface area contributed by atoms with Gasteiger partial charge in [-0.15, -0.1) is 0 Å². The number of hydrogen-bond acceptors (Lipinski definition) is 1. The SMILES string of the molecule is O=C1CC(c2ccccc2)c2cccc(-c3ccccc3)c2N1. The normalized spacial score (nSPS) is 16.5. The Labute approximate surface area is 135 Å². The van der Waals surface area contributed by atoms with E-state index in [1.807, 2.05) is 36.4 Å². The van der Waals surface area contributed by atoms with E-state index in [2.05, 4.69) is 47.8 Å². The molecule has 0 aliphatic carbocycles. The van der Waals surface area contributed by atoms with Crippen molar-refractivity contribution in [1.82, 2.24) is 0 Å². The van der Waals surface area contributed by atoms with Crippen LogP contribution in [-0.2, 0) is 4.79 Å². The third kappa shape index (κ3) is 2.53. The highest BCUT2D eigenvalue weighted by Crippen LogP contribution is 2.41. The molecule has 0 bridgehead atoms. The van der Waals surface area contributed by atoms with Crippen LogP contribution in [0.15, 0.2) is 78.9 Å². The molecule has 1 aliphatic heterocycles. The van der Waals surface area contributed by atoms with Gasteiger partial charge in [-0.25, -0.2) is 0 Å². The Kier molecular flexibility index (Phi) is 3.43. The van der Waals surface area contributed by atoms with Crippen LogP contribution in [0, 0.1) is 0 Å². The summed E-state index contributed by atoms with van der Waals surface area (Å²) in [6, 6.07) is 26.7. The summed E-state index contributed by atoms with van der Waals surface area (Å²) in [6.07, 6.45) is 0.495. The lowest BCUT2D eigenvalue weighted by atomic mass is 9.83. The summed E-state index contributed by atoms with van der Waals surface area (Å²) in [5.41, 5.74) is 5.53. The quantitative estimate of drug-likeness (QED) is 0.721. The largest absolute Gasteiger partial charge is 0.325 e. The monoisotopic (exact) mass is 299 g/mol.